The van der Waals surface area contributed by atoms with Gasteiger partial charge in [0.25, 0.3) is 0 Å². The number of aliphatic imine (C=N–C) groups is 1. The van der Waals surface area contributed by atoms with Crippen LogP contribution in [0, 0.1) is 12.7 Å². The first-order valence-electron chi connectivity index (χ1n) is 8.07. The maximum atomic E-state index is 13.9. The van der Waals surface area contributed by atoms with Crippen LogP contribution in [0.15, 0.2) is 44.2 Å². The van der Waals surface area contributed by atoms with E-state index < -0.39 is 5.60 Å². The molecule has 0 radical (unpaired) electrons. The zero-order valence-electron chi connectivity index (χ0n) is 14.6. The van der Waals surface area contributed by atoms with Gasteiger partial charge in [-0.15, -0.1) is 0 Å². The molecule has 0 bridgehead atoms. The molecular weight excluding hydrogens is 389 g/mol. The molecule has 7 heteroatoms. The maximum Gasteiger partial charge on any atom is 0.191 e. The van der Waals surface area contributed by atoms with E-state index in [1.165, 1.54) is 6.07 Å². The number of hydrogen-bond donors (Lipinski definition) is 3. The second-order valence-corrected chi connectivity index (χ2v) is 6.88. The summed E-state index contributed by atoms with van der Waals surface area (Å²) < 4.78 is 20.1. The molecule has 2 aromatic rings. The zero-order valence-corrected chi connectivity index (χ0v) is 16.2. The molecule has 1 heterocycles. The monoisotopic (exact) mass is 411 g/mol. The molecule has 0 amide bonds. The van der Waals surface area contributed by atoms with Gasteiger partial charge in [-0.2, -0.15) is 0 Å². The minimum absolute atomic E-state index is 0.191. The Labute approximate surface area is 155 Å². The van der Waals surface area contributed by atoms with Crippen LogP contribution in [0.2, 0.25) is 0 Å². The quantitative estimate of drug-likeness (QED) is 0.502. The van der Waals surface area contributed by atoms with Crippen molar-refractivity contribution in [1.29, 1.82) is 0 Å². The van der Waals surface area contributed by atoms with Crippen LogP contribution in [-0.2, 0) is 12.1 Å². The number of rotatable bonds is 6. The Hall–Kier alpha value is -1.86. The van der Waals surface area contributed by atoms with Gasteiger partial charge >= 0.3 is 0 Å². The molecule has 0 fully saturated rings. The van der Waals surface area contributed by atoms with E-state index in [0.717, 1.165) is 5.76 Å². The number of nitrogens with zero attached hydrogens (tertiary/aromatic N) is 1. The van der Waals surface area contributed by atoms with Gasteiger partial charge in [0.15, 0.2) is 5.96 Å². The standard InChI is InChI=1S/C18H23BrFN3O2/c1-4-21-17(22-10-13-6-7-14(19)9-15(13)20)23-11-18(3,24)16-8-5-12(2)25-16/h5-9,24H,4,10-11H2,1-3H3,(H2,21,22,23). The number of aryl methyl sites for hydroxylation is 1. The van der Waals surface area contributed by atoms with Crippen LogP contribution in [0.1, 0.15) is 30.9 Å². The first-order valence-corrected chi connectivity index (χ1v) is 8.86. The number of furan rings is 1. The zero-order chi connectivity index (χ0) is 18.4. The lowest BCUT2D eigenvalue weighted by Crippen LogP contribution is -2.44. The molecule has 0 aliphatic rings. The third-order valence-electron chi connectivity index (χ3n) is 3.64. The van der Waals surface area contributed by atoms with Crippen LogP contribution in [-0.4, -0.2) is 24.2 Å². The van der Waals surface area contributed by atoms with Crippen LogP contribution in [0.5, 0.6) is 0 Å². The average Bonchev–Trinajstić information content (AvgIpc) is 2.99. The Morgan fingerprint density at radius 2 is 2.08 bits per heavy atom. The SMILES string of the molecule is CCNC(=NCc1ccc(Br)cc1F)NCC(C)(O)c1ccc(C)o1. The van der Waals surface area contributed by atoms with E-state index in [-0.39, 0.29) is 18.9 Å². The highest BCUT2D eigenvalue weighted by Gasteiger charge is 2.27. The number of hydrogen-bond acceptors (Lipinski definition) is 3. The lowest BCUT2D eigenvalue weighted by molar-refractivity contribution is 0.0378. The minimum atomic E-state index is -1.19. The van der Waals surface area contributed by atoms with Gasteiger partial charge < -0.3 is 20.2 Å². The van der Waals surface area contributed by atoms with E-state index in [9.17, 15) is 9.50 Å². The van der Waals surface area contributed by atoms with Crippen molar-refractivity contribution in [2.75, 3.05) is 13.1 Å². The summed E-state index contributed by atoms with van der Waals surface area (Å²) in [6, 6.07) is 8.43. The van der Waals surface area contributed by atoms with Gasteiger partial charge in [-0.3, -0.25) is 0 Å². The number of guanidine groups is 1. The molecule has 0 saturated carbocycles. The number of aliphatic hydroxyl groups is 1. The summed E-state index contributed by atoms with van der Waals surface area (Å²) in [5.74, 6) is 1.40. The van der Waals surface area contributed by atoms with Crippen LogP contribution < -0.4 is 10.6 Å². The molecule has 5 nitrogen and oxygen atoms in total. The Morgan fingerprint density at radius 1 is 1.32 bits per heavy atom. The van der Waals surface area contributed by atoms with Gasteiger partial charge in [-0.25, -0.2) is 9.38 Å². The summed E-state index contributed by atoms with van der Waals surface area (Å²) in [5.41, 5.74) is -0.693. The molecule has 0 spiro atoms. The molecule has 3 N–H and O–H groups in total. The van der Waals surface area contributed by atoms with Crippen LogP contribution in [0.3, 0.4) is 0 Å². The molecule has 0 aliphatic carbocycles. The van der Waals surface area contributed by atoms with Gasteiger partial charge in [0.1, 0.15) is 22.9 Å². The first kappa shape index (κ1) is 19.5. The summed E-state index contributed by atoms with van der Waals surface area (Å²) in [4.78, 5) is 4.37. The molecule has 0 aliphatic heterocycles. The van der Waals surface area contributed by atoms with Crippen molar-refractivity contribution in [1.82, 2.24) is 10.6 Å². The maximum absolute atomic E-state index is 13.9. The van der Waals surface area contributed by atoms with E-state index >= 15 is 0 Å². The van der Waals surface area contributed by atoms with E-state index in [4.69, 9.17) is 4.42 Å². The minimum Gasteiger partial charge on any atom is -0.463 e. The van der Waals surface area contributed by atoms with Crippen molar-refractivity contribution in [3.8, 4) is 0 Å². The molecule has 1 aromatic carbocycles. The molecule has 2 rings (SSSR count). The molecule has 1 unspecified atom stereocenters. The Balaban J connectivity index is 2.04. The van der Waals surface area contributed by atoms with Crippen molar-refractivity contribution >= 4 is 21.9 Å². The van der Waals surface area contributed by atoms with Gasteiger partial charge in [-0.1, -0.05) is 22.0 Å². The van der Waals surface area contributed by atoms with Gasteiger partial charge in [0.05, 0.1) is 13.1 Å². The summed E-state index contributed by atoms with van der Waals surface area (Å²) in [6.45, 7) is 6.47. The van der Waals surface area contributed by atoms with Crippen molar-refractivity contribution in [2.24, 2.45) is 4.99 Å². The summed E-state index contributed by atoms with van der Waals surface area (Å²) >= 11 is 3.23. The molecular formula is C18H23BrFN3O2. The van der Waals surface area contributed by atoms with Crippen LogP contribution in [0.4, 0.5) is 4.39 Å². The lowest BCUT2D eigenvalue weighted by Gasteiger charge is -2.22. The van der Waals surface area contributed by atoms with Crippen molar-refractivity contribution in [3.05, 3.63) is 57.7 Å². The topological polar surface area (TPSA) is 69.8 Å². The van der Waals surface area contributed by atoms with Crippen LogP contribution in [0.25, 0.3) is 0 Å². The van der Waals surface area contributed by atoms with E-state index in [2.05, 4.69) is 31.6 Å². The fraction of sp³-hybridized carbons (Fsp3) is 0.389. The summed E-state index contributed by atoms with van der Waals surface area (Å²) in [7, 11) is 0. The van der Waals surface area contributed by atoms with Crippen molar-refractivity contribution in [2.45, 2.75) is 32.9 Å². The van der Waals surface area contributed by atoms with Crippen molar-refractivity contribution < 1.29 is 13.9 Å². The highest BCUT2D eigenvalue weighted by molar-refractivity contribution is 9.10. The molecule has 25 heavy (non-hydrogen) atoms. The largest absolute Gasteiger partial charge is 0.463 e. The van der Waals surface area contributed by atoms with Gasteiger partial charge in [0.2, 0.25) is 0 Å². The second-order valence-electron chi connectivity index (χ2n) is 5.97. The molecule has 1 aromatic heterocycles. The lowest BCUT2D eigenvalue weighted by atomic mass is 10.0. The smallest absolute Gasteiger partial charge is 0.191 e. The third-order valence-corrected chi connectivity index (χ3v) is 4.13. The van der Waals surface area contributed by atoms with Crippen LogP contribution >= 0.6 is 15.9 Å². The fourth-order valence-corrected chi connectivity index (χ4v) is 2.56. The van der Waals surface area contributed by atoms with Crippen molar-refractivity contribution in [3.63, 3.8) is 0 Å². The van der Waals surface area contributed by atoms with E-state index in [1.54, 1.807) is 31.2 Å². The highest BCUT2D eigenvalue weighted by atomic mass is 79.9. The summed E-state index contributed by atoms with van der Waals surface area (Å²) in [5, 5.41) is 16.7. The normalized spacial score (nSPS) is 14.2. The second kappa shape index (κ2) is 8.49. The number of benzene rings is 1. The molecule has 136 valence electrons. The third kappa shape index (κ3) is 5.57. The number of nitrogens with one attached hydrogen (secondary N) is 2. The Bertz CT molecular complexity index is 744. The molecule has 0 saturated heterocycles. The summed E-state index contributed by atoms with van der Waals surface area (Å²) in [6.07, 6.45) is 0. The van der Waals surface area contributed by atoms with Gasteiger partial charge in [-0.05, 0) is 45.0 Å². The van der Waals surface area contributed by atoms with E-state index in [0.29, 0.717) is 28.3 Å². The predicted molar refractivity (Wildman–Crippen MR) is 99.9 cm³/mol. The first-order chi connectivity index (χ1) is 11.8. The Morgan fingerprint density at radius 3 is 2.68 bits per heavy atom. The fourth-order valence-electron chi connectivity index (χ4n) is 2.22. The highest BCUT2D eigenvalue weighted by Crippen LogP contribution is 2.22. The predicted octanol–water partition coefficient (Wildman–Crippen LogP) is 3.45. The van der Waals surface area contributed by atoms with E-state index in [1.807, 2.05) is 13.8 Å². The molecule has 1 atom stereocenters. The average molecular weight is 412 g/mol. The van der Waals surface area contributed by atoms with Gasteiger partial charge in [0, 0.05) is 16.6 Å². The number of halogens is 2. The Kier molecular flexibility index (Phi) is 6.61.